The van der Waals surface area contributed by atoms with E-state index in [1.807, 2.05) is 0 Å². The predicted molar refractivity (Wildman–Crippen MR) is 39.7 cm³/mol. The van der Waals surface area contributed by atoms with Crippen LogP contribution in [0.5, 0.6) is 0 Å². The van der Waals surface area contributed by atoms with E-state index in [4.69, 9.17) is 0 Å². The van der Waals surface area contributed by atoms with Gasteiger partial charge in [-0.2, -0.15) is 0 Å². The van der Waals surface area contributed by atoms with E-state index in [1.165, 1.54) is 18.9 Å². The van der Waals surface area contributed by atoms with Gasteiger partial charge in [-0.25, -0.2) is 0 Å². The Morgan fingerprint density at radius 2 is 1.88 bits per heavy atom. The van der Waals surface area contributed by atoms with Gasteiger partial charge in [-0.1, -0.05) is 38.9 Å². The van der Waals surface area contributed by atoms with Crippen molar-refractivity contribution in [1.29, 1.82) is 0 Å². The first-order valence-corrected chi connectivity index (χ1v) is 6.40. The molecule has 0 fully saturated rings. The normalized spacial score (nSPS) is 9.00. The quantitative estimate of drug-likeness (QED) is 0.459. The number of unbranched alkanes of at least 4 members (excludes halogenated alkanes) is 1. The minimum Gasteiger partial charge on any atom is -1.00 e. The van der Waals surface area contributed by atoms with Crippen LogP contribution >= 0.6 is 0 Å². The SMILES string of the molecule is CCCC[SiH](C)C.[H-].[Na+]. The molecule has 46 valence electrons. The van der Waals surface area contributed by atoms with E-state index >= 15 is 0 Å². The second-order valence-electron chi connectivity index (χ2n) is 2.54. The molecule has 0 aliphatic rings. The van der Waals surface area contributed by atoms with Crippen LogP contribution < -0.4 is 29.6 Å². The van der Waals surface area contributed by atoms with Crippen molar-refractivity contribution in [3.05, 3.63) is 0 Å². The van der Waals surface area contributed by atoms with Gasteiger partial charge >= 0.3 is 29.6 Å². The molecule has 0 bridgehead atoms. The molecular weight excluding hydrogens is 123 g/mol. The summed E-state index contributed by atoms with van der Waals surface area (Å²) in [6.07, 6.45) is 2.84. The minimum absolute atomic E-state index is 0. The van der Waals surface area contributed by atoms with Gasteiger partial charge in [-0.05, 0) is 0 Å². The van der Waals surface area contributed by atoms with Crippen LogP contribution in [0.2, 0.25) is 19.1 Å². The molecule has 8 heavy (non-hydrogen) atoms. The molecule has 0 N–H and O–H groups in total. The Bertz CT molecular complexity index is 42.0. The van der Waals surface area contributed by atoms with E-state index < -0.39 is 0 Å². The molecule has 0 heterocycles. The summed E-state index contributed by atoms with van der Waals surface area (Å²) in [5, 5.41) is 0. The topological polar surface area (TPSA) is 0 Å². The second-order valence-corrected chi connectivity index (χ2v) is 5.90. The van der Waals surface area contributed by atoms with Crippen molar-refractivity contribution < 1.29 is 31.0 Å². The first-order valence-electron chi connectivity index (χ1n) is 3.27. The van der Waals surface area contributed by atoms with Crippen molar-refractivity contribution in [3.63, 3.8) is 0 Å². The average molecular weight is 140 g/mol. The molecule has 0 nitrogen and oxygen atoms in total. The third-order valence-corrected chi connectivity index (χ3v) is 2.70. The van der Waals surface area contributed by atoms with Gasteiger partial charge in [-0.3, -0.25) is 0 Å². The van der Waals surface area contributed by atoms with Crippen LogP contribution in [0.1, 0.15) is 21.2 Å². The number of rotatable bonds is 3. The van der Waals surface area contributed by atoms with Crippen LogP contribution in [0.15, 0.2) is 0 Å². The van der Waals surface area contributed by atoms with Crippen LogP contribution in [0.4, 0.5) is 0 Å². The number of hydrogen-bond acceptors (Lipinski definition) is 0. The summed E-state index contributed by atoms with van der Waals surface area (Å²) in [5.74, 6) is 0. The standard InChI is InChI=1S/C6H16Si.Na.H/c1-4-5-6-7(2)3;;/h7H,4-6H2,1-3H3;;/q;+1;-1. The van der Waals surface area contributed by atoms with Crippen LogP contribution in [0.25, 0.3) is 0 Å². The Kier molecular flexibility index (Phi) is 12.3. The minimum atomic E-state index is -0.188. The zero-order valence-corrected chi connectivity index (χ0v) is 9.85. The van der Waals surface area contributed by atoms with Gasteiger partial charge in [0.1, 0.15) is 0 Å². The van der Waals surface area contributed by atoms with Crippen LogP contribution in [-0.2, 0) is 0 Å². The summed E-state index contributed by atoms with van der Waals surface area (Å²) in [7, 11) is -0.188. The summed E-state index contributed by atoms with van der Waals surface area (Å²) in [6.45, 7) is 7.09. The molecule has 0 unspecified atom stereocenters. The van der Waals surface area contributed by atoms with Gasteiger partial charge < -0.3 is 1.43 Å². The van der Waals surface area contributed by atoms with Crippen molar-refractivity contribution in [1.82, 2.24) is 0 Å². The maximum atomic E-state index is 2.41. The molecule has 0 aromatic rings. The molecule has 0 aromatic heterocycles. The van der Waals surface area contributed by atoms with E-state index in [-0.39, 0.29) is 39.8 Å². The maximum Gasteiger partial charge on any atom is 1.00 e. The molecule has 0 rings (SSSR count). The second kappa shape index (κ2) is 8.22. The van der Waals surface area contributed by atoms with Gasteiger partial charge in [0.05, 0.1) is 0 Å². The average Bonchev–Trinajstić information content (AvgIpc) is 1.61. The van der Waals surface area contributed by atoms with Crippen LogP contribution in [0.3, 0.4) is 0 Å². The molecule has 0 atom stereocenters. The van der Waals surface area contributed by atoms with E-state index in [1.54, 1.807) is 0 Å². The van der Waals surface area contributed by atoms with Gasteiger partial charge in [0.2, 0.25) is 0 Å². The first-order chi connectivity index (χ1) is 3.27. The zero-order valence-electron chi connectivity index (χ0n) is 7.70. The van der Waals surface area contributed by atoms with Gasteiger partial charge in [0.25, 0.3) is 0 Å². The van der Waals surface area contributed by atoms with Crippen molar-refractivity contribution in [3.8, 4) is 0 Å². The molecule has 0 aliphatic carbocycles. The Morgan fingerprint density at radius 3 is 2.00 bits per heavy atom. The molecule has 0 saturated carbocycles. The summed E-state index contributed by atoms with van der Waals surface area (Å²) in [6, 6.07) is 1.54. The molecule has 0 amide bonds. The molecule has 0 aliphatic heterocycles. The fraction of sp³-hybridized carbons (Fsp3) is 1.00. The summed E-state index contributed by atoms with van der Waals surface area (Å²) in [4.78, 5) is 0. The number of hydrogen-bond donors (Lipinski definition) is 0. The first kappa shape index (κ1) is 11.9. The smallest absolute Gasteiger partial charge is 1.00 e. The van der Waals surface area contributed by atoms with E-state index in [0.29, 0.717) is 0 Å². The third-order valence-electron chi connectivity index (χ3n) is 1.14. The van der Waals surface area contributed by atoms with Crippen molar-refractivity contribution in [2.45, 2.75) is 38.9 Å². The fourth-order valence-electron chi connectivity index (χ4n) is 0.612. The van der Waals surface area contributed by atoms with Gasteiger partial charge in [0, 0.05) is 8.80 Å². The molecule has 0 spiro atoms. The predicted octanol–water partition coefficient (Wildman–Crippen LogP) is -0.610. The summed E-state index contributed by atoms with van der Waals surface area (Å²) in [5.41, 5.74) is 0. The van der Waals surface area contributed by atoms with Crippen LogP contribution in [0, 0.1) is 0 Å². The molecule has 0 saturated heterocycles. The van der Waals surface area contributed by atoms with Crippen LogP contribution in [-0.4, -0.2) is 8.80 Å². The maximum absolute atomic E-state index is 2.41. The summed E-state index contributed by atoms with van der Waals surface area (Å²) >= 11 is 0. The van der Waals surface area contributed by atoms with Crippen molar-refractivity contribution in [2.75, 3.05) is 0 Å². The molecule has 0 aromatic carbocycles. The fourth-order valence-corrected chi connectivity index (χ4v) is 1.84. The van der Waals surface area contributed by atoms with Gasteiger partial charge in [-0.15, -0.1) is 0 Å². The van der Waals surface area contributed by atoms with Gasteiger partial charge in [0.15, 0.2) is 0 Å². The van der Waals surface area contributed by atoms with Crippen molar-refractivity contribution >= 4 is 8.80 Å². The summed E-state index contributed by atoms with van der Waals surface area (Å²) < 4.78 is 0. The van der Waals surface area contributed by atoms with E-state index in [2.05, 4.69) is 20.0 Å². The van der Waals surface area contributed by atoms with Crippen molar-refractivity contribution in [2.24, 2.45) is 0 Å². The Labute approximate surface area is 78.4 Å². The Balaban J connectivity index is -0.000000180. The monoisotopic (exact) mass is 140 g/mol. The van der Waals surface area contributed by atoms with E-state index in [9.17, 15) is 0 Å². The Morgan fingerprint density at radius 1 is 1.38 bits per heavy atom. The van der Waals surface area contributed by atoms with E-state index in [0.717, 1.165) is 0 Å². The Hall–Kier alpha value is 1.22. The largest absolute Gasteiger partial charge is 1.00 e. The molecular formula is C6H17NaSi. The third kappa shape index (κ3) is 10.2. The molecule has 2 heteroatoms. The molecule has 0 radical (unpaired) electrons. The zero-order chi connectivity index (χ0) is 5.70.